The predicted molar refractivity (Wildman–Crippen MR) is 127 cm³/mol. The lowest BCUT2D eigenvalue weighted by Crippen LogP contribution is -2.62. The normalized spacial score (nSPS) is 10.0. The summed E-state index contributed by atoms with van der Waals surface area (Å²) in [5.74, 6) is 0. The maximum Gasteiger partial charge on any atom is 0.350 e. The third-order valence-electron chi connectivity index (χ3n) is 2.79. The zero-order chi connectivity index (χ0) is 37.2. The van der Waals surface area contributed by atoms with Crippen molar-refractivity contribution >= 4 is 38.9 Å². The van der Waals surface area contributed by atoms with Crippen molar-refractivity contribution < 1.29 is 104 Å². The maximum atomic E-state index is 8.00. The highest BCUT2D eigenvalue weighted by molar-refractivity contribution is 6.94. The lowest BCUT2D eigenvalue weighted by Gasteiger charge is -2.41. The average molecular weight is 753 g/mol. The van der Waals surface area contributed by atoms with E-state index >= 15 is 0 Å². The Labute approximate surface area is 232 Å². The first kappa shape index (κ1) is 68.0. The fourth-order valence-electron chi connectivity index (χ4n) is 2.69. The standard InChI is InChI=1S/C15H32O3Si4.10F2/c1-19(2,3)16-21(7,8)18-22(9,17-20(4,5)6)15-13-11-10-12-14-15;10*1-2/h10-14H,1-9H3;;;;;;;;;;. The summed E-state index contributed by atoms with van der Waals surface area (Å²) in [6.45, 7) is 19.8. The van der Waals surface area contributed by atoms with Crippen LogP contribution in [0.25, 0.3) is 0 Å². The molecule has 0 fully saturated rings. The second kappa shape index (κ2) is 52.2. The first-order valence-electron chi connectivity index (χ1n) is 9.31. The van der Waals surface area contributed by atoms with Gasteiger partial charge < -0.3 is 12.3 Å². The number of rotatable bonds is 7. The van der Waals surface area contributed by atoms with Crippen molar-refractivity contribution in [3.63, 3.8) is 0 Å². The fourth-order valence-corrected chi connectivity index (χ4v) is 19.8. The molecule has 0 radical (unpaired) electrons. The summed E-state index contributed by atoms with van der Waals surface area (Å²) in [6, 6.07) is 10.4. The minimum absolute atomic E-state index is 1.19. The molecule has 0 heterocycles. The molecule has 266 valence electrons. The van der Waals surface area contributed by atoms with E-state index < -0.39 is 33.8 Å². The number of hydrogen-bond acceptors (Lipinski definition) is 3. The fraction of sp³-hybridized carbons (Fsp3) is 0.600. The van der Waals surface area contributed by atoms with Crippen LogP contribution in [0.5, 0.6) is 0 Å². The molecule has 1 unspecified atom stereocenters. The minimum atomic E-state index is -2.48. The van der Waals surface area contributed by atoms with E-state index in [9.17, 15) is 0 Å². The van der Waals surface area contributed by atoms with E-state index in [1.54, 1.807) is 0 Å². The molecule has 1 rings (SSSR count). The van der Waals surface area contributed by atoms with Crippen LogP contribution in [-0.4, -0.2) is 33.8 Å². The Hall–Kier alpha value is -1.43. The van der Waals surface area contributed by atoms with Crippen LogP contribution in [0.3, 0.4) is 0 Å². The largest absolute Gasteiger partial charge is 0.437 e. The molecule has 3 nitrogen and oxygen atoms in total. The summed E-state index contributed by atoms with van der Waals surface area (Å²) in [6.07, 6.45) is 0. The summed E-state index contributed by atoms with van der Waals surface area (Å²) in [7, 11) is -8.07. The lowest BCUT2D eigenvalue weighted by molar-refractivity contribution is 0.108. The molecule has 0 saturated heterocycles. The third kappa shape index (κ3) is 58.3. The molecule has 0 aliphatic carbocycles. The summed E-state index contributed by atoms with van der Waals surface area (Å²) in [5.41, 5.74) is 0. The van der Waals surface area contributed by atoms with Crippen molar-refractivity contribution in [2.24, 2.45) is 0 Å². The van der Waals surface area contributed by atoms with Gasteiger partial charge in [-0.3, -0.25) is 0 Å². The smallest absolute Gasteiger partial charge is 0.350 e. The Morgan fingerprint density at radius 3 is 0.810 bits per heavy atom. The predicted octanol–water partition coefficient (Wildman–Crippen LogP) is 12.8. The zero-order valence-electron chi connectivity index (χ0n) is 23.2. The van der Waals surface area contributed by atoms with E-state index in [1.165, 1.54) is 5.19 Å². The highest BCUT2D eigenvalue weighted by Crippen LogP contribution is 2.24. The molecule has 1 aromatic rings. The monoisotopic (exact) mass is 752 g/mol. The molecule has 1 aromatic carbocycles. The Balaban J connectivity index is -0.0000000540. The van der Waals surface area contributed by atoms with Crippen molar-refractivity contribution in [3.8, 4) is 0 Å². The summed E-state index contributed by atoms with van der Waals surface area (Å²) < 4.78 is 180. The van der Waals surface area contributed by atoms with Crippen molar-refractivity contribution in [2.45, 2.75) is 58.9 Å². The lowest BCUT2D eigenvalue weighted by atomic mass is 10.4. The number of hydrogen-bond donors (Lipinski definition) is 0. The van der Waals surface area contributed by atoms with Gasteiger partial charge in [0, 0.05) is 91.5 Å². The van der Waals surface area contributed by atoms with Gasteiger partial charge in [0.2, 0.25) is 0 Å². The van der Waals surface area contributed by atoms with Crippen molar-refractivity contribution in [2.75, 3.05) is 0 Å². The van der Waals surface area contributed by atoms with E-state index in [4.69, 9.17) is 104 Å². The van der Waals surface area contributed by atoms with Gasteiger partial charge in [0.15, 0.2) is 16.6 Å². The van der Waals surface area contributed by atoms with E-state index in [0.717, 1.165) is 0 Å². The molecule has 42 heavy (non-hydrogen) atoms. The Morgan fingerprint density at radius 2 is 0.595 bits per heavy atom. The molecule has 0 amide bonds. The van der Waals surface area contributed by atoms with Gasteiger partial charge in [-0.05, 0) is 64.1 Å². The SMILES string of the molecule is C[Si](C)(C)O[Si](C)(C)O[Si](C)(O[Si](C)(C)C)c1ccccc1.FF.FF.FF.FF.FF.FF.FF.FF.FF.FF. The van der Waals surface area contributed by atoms with Gasteiger partial charge in [-0.1, -0.05) is 30.3 Å². The second-order valence-electron chi connectivity index (χ2n) is 8.24. The van der Waals surface area contributed by atoms with Crippen LogP contribution in [0, 0.1) is 0 Å². The summed E-state index contributed by atoms with van der Waals surface area (Å²) >= 11 is 0. The van der Waals surface area contributed by atoms with Gasteiger partial charge in [-0.15, -0.1) is 0 Å². The zero-order valence-corrected chi connectivity index (χ0v) is 27.2. The number of halogens is 20. The van der Waals surface area contributed by atoms with Crippen molar-refractivity contribution in [1.82, 2.24) is 0 Å². The molecule has 27 heteroatoms. The van der Waals surface area contributed by atoms with Crippen LogP contribution < -0.4 is 5.19 Å². The van der Waals surface area contributed by atoms with Crippen molar-refractivity contribution in [3.05, 3.63) is 30.3 Å². The molecular weight excluding hydrogens is 720 g/mol. The first-order chi connectivity index (χ1) is 19.7. The van der Waals surface area contributed by atoms with E-state index in [0.29, 0.717) is 0 Å². The Bertz CT molecular complexity index is 522. The van der Waals surface area contributed by atoms with E-state index in [1.807, 2.05) is 6.07 Å². The van der Waals surface area contributed by atoms with Crippen LogP contribution in [0.4, 0.5) is 91.5 Å². The summed E-state index contributed by atoms with van der Waals surface area (Å²) in [4.78, 5) is 0. The van der Waals surface area contributed by atoms with Gasteiger partial charge in [0.05, 0.1) is 0 Å². The van der Waals surface area contributed by atoms with E-state index in [2.05, 4.69) is 83.2 Å². The summed E-state index contributed by atoms with van der Waals surface area (Å²) in [5, 5.41) is 1.19. The van der Waals surface area contributed by atoms with Crippen LogP contribution in [-0.2, 0) is 12.3 Å². The van der Waals surface area contributed by atoms with Crippen LogP contribution in [0.2, 0.25) is 58.9 Å². The highest BCUT2D eigenvalue weighted by atomic mass is 28.5. The van der Waals surface area contributed by atoms with Gasteiger partial charge in [-0.2, -0.15) is 0 Å². The molecule has 1 atom stereocenters. The third-order valence-corrected chi connectivity index (χ3v) is 16.1. The Morgan fingerprint density at radius 1 is 0.357 bits per heavy atom. The molecule has 0 spiro atoms. The molecule has 0 aliphatic rings. The van der Waals surface area contributed by atoms with Crippen molar-refractivity contribution in [1.29, 1.82) is 0 Å². The van der Waals surface area contributed by atoms with Crippen LogP contribution in [0.15, 0.2) is 30.3 Å². The minimum Gasteiger partial charge on any atom is -0.437 e. The molecule has 0 bridgehead atoms. The molecule has 0 aromatic heterocycles. The van der Waals surface area contributed by atoms with Gasteiger partial charge in [0.1, 0.15) is 0 Å². The molecule has 0 N–H and O–H groups in total. The van der Waals surface area contributed by atoms with Gasteiger partial charge >= 0.3 is 17.1 Å². The topological polar surface area (TPSA) is 27.7 Å². The van der Waals surface area contributed by atoms with Gasteiger partial charge in [-0.25, -0.2) is 0 Å². The Kier molecular flexibility index (Phi) is 84.5. The van der Waals surface area contributed by atoms with Crippen LogP contribution in [0.1, 0.15) is 0 Å². The number of benzene rings is 1. The van der Waals surface area contributed by atoms with E-state index in [-0.39, 0.29) is 0 Å². The highest BCUT2D eigenvalue weighted by Gasteiger charge is 2.45. The first-order valence-corrected chi connectivity index (χ1v) is 21.3. The molecule has 0 saturated carbocycles. The average Bonchev–Trinajstić information content (AvgIpc) is 3.01. The van der Waals surface area contributed by atoms with Crippen LogP contribution >= 0.6 is 0 Å². The van der Waals surface area contributed by atoms with Gasteiger partial charge in [0.25, 0.3) is 0 Å². The molecule has 0 aliphatic heterocycles. The molecular formula is C15H32F20O3Si4. The quantitative estimate of drug-likeness (QED) is 0.205. The second-order valence-corrected chi connectivity index (χ2v) is 24.4. The maximum absolute atomic E-state index is 8.00.